The maximum absolute atomic E-state index is 12.3. The molecule has 0 aromatic heterocycles. The van der Waals surface area contributed by atoms with Gasteiger partial charge in [0, 0.05) is 13.1 Å². The number of rotatable bonds is 4. The van der Waals surface area contributed by atoms with Crippen molar-refractivity contribution in [2.75, 3.05) is 31.1 Å². The van der Waals surface area contributed by atoms with E-state index in [1.54, 1.807) is 24.3 Å². The summed E-state index contributed by atoms with van der Waals surface area (Å²) in [4.78, 5) is 50.6. The molecular weight excluding hydrogens is 342 g/mol. The van der Waals surface area contributed by atoms with Gasteiger partial charge >= 0.3 is 12.0 Å². The molecule has 0 aliphatic carbocycles. The first-order valence-electron chi connectivity index (χ1n) is 8.28. The number of urea groups is 1. The van der Waals surface area contributed by atoms with Crippen LogP contribution in [-0.2, 0) is 19.1 Å². The van der Waals surface area contributed by atoms with Gasteiger partial charge in [0.15, 0.2) is 6.10 Å². The molecule has 1 N–H and O–H groups in total. The normalized spacial score (nSPS) is 17.7. The minimum Gasteiger partial charge on any atom is -0.491 e. The summed E-state index contributed by atoms with van der Waals surface area (Å²) in [5.74, 6) is -1.11. The third-order valence-corrected chi connectivity index (χ3v) is 4.10. The fourth-order valence-electron chi connectivity index (χ4n) is 2.81. The Hall–Kier alpha value is -3.10. The van der Waals surface area contributed by atoms with Crippen LogP contribution < -0.4 is 15.0 Å². The standard InChI is InChI=1S/C17H19N3O6/c1-11(16(23)19-8-7-18-17(19)24)26-15(22)10-20-12-4-2-3-5-13(12)25-9-6-14(20)21/h2-5,11H,6-10H2,1H3,(H,18,24)/t11-/m0/s1. The van der Waals surface area contributed by atoms with Crippen LogP contribution in [0.25, 0.3) is 0 Å². The van der Waals surface area contributed by atoms with Crippen LogP contribution >= 0.6 is 0 Å². The smallest absolute Gasteiger partial charge is 0.326 e. The Labute approximate surface area is 149 Å². The predicted molar refractivity (Wildman–Crippen MR) is 89.6 cm³/mol. The molecule has 1 saturated heterocycles. The third-order valence-electron chi connectivity index (χ3n) is 4.10. The van der Waals surface area contributed by atoms with Crippen molar-refractivity contribution in [3.05, 3.63) is 24.3 Å². The summed E-state index contributed by atoms with van der Waals surface area (Å²) in [6.45, 7) is 1.87. The van der Waals surface area contributed by atoms with Crippen LogP contribution in [0.1, 0.15) is 13.3 Å². The Morgan fingerprint density at radius 1 is 1.31 bits per heavy atom. The van der Waals surface area contributed by atoms with Gasteiger partial charge in [0.05, 0.1) is 18.7 Å². The second kappa shape index (κ2) is 7.42. The number of esters is 1. The molecule has 26 heavy (non-hydrogen) atoms. The summed E-state index contributed by atoms with van der Waals surface area (Å²) in [5, 5.41) is 2.51. The van der Waals surface area contributed by atoms with Gasteiger partial charge in [0.25, 0.3) is 5.91 Å². The molecule has 2 aliphatic heterocycles. The van der Waals surface area contributed by atoms with E-state index in [9.17, 15) is 19.2 Å². The van der Waals surface area contributed by atoms with E-state index >= 15 is 0 Å². The zero-order valence-corrected chi connectivity index (χ0v) is 14.3. The molecule has 1 aromatic carbocycles. The average Bonchev–Trinajstić information content (AvgIpc) is 2.98. The Kier molecular flexibility index (Phi) is 5.06. The van der Waals surface area contributed by atoms with E-state index in [0.717, 1.165) is 4.90 Å². The number of anilines is 1. The number of nitrogens with one attached hydrogen (secondary N) is 1. The number of imide groups is 1. The van der Waals surface area contributed by atoms with E-state index < -0.39 is 24.0 Å². The number of benzene rings is 1. The molecule has 1 atom stereocenters. The molecular formula is C17H19N3O6. The third kappa shape index (κ3) is 3.61. The van der Waals surface area contributed by atoms with Crippen LogP contribution in [0.15, 0.2) is 24.3 Å². The first-order valence-corrected chi connectivity index (χ1v) is 8.28. The number of fused-ring (bicyclic) bond motifs is 1. The predicted octanol–water partition coefficient (Wildman–Crippen LogP) is 0.286. The molecule has 0 bridgehead atoms. The van der Waals surface area contributed by atoms with Crippen molar-refractivity contribution in [3.8, 4) is 5.75 Å². The molecule has 0 saturated carbocycles. The zero-order valence-electron chi connectivity index (χ0n) is 14.3. The number of amides is 4. The fraction of sp³-hybridized carbons (Fsp3) is 0.412. The summed E-state index contributed by atoms with van der Waals surface area (Å²) in [7, 11) is 0. The van der Waals surface area contributed by atoms with Gasteiger partial charge in [-0.1, -0.05) is 12.1 Å². The number of para-hydroxylation sites is 2. The molecule has 3 rings (SSSR count). The largest absolute Gasteiger partial charge is 0.491 e. The van der Waals surface area contributed by atoms with Crippen LogP contribution in [0, 0.1) is 0 Å². The van der Waals surface area contributed by atoms with Crippen molar-refractivity contribution in [1.82, 2.24) is 10.2 Å². The molecule has 2 aliphatic rings. The van der Waals surface area contributed by atoms with Gasteiger partial charge in [0.2, 0.25) is 5.91 Å². The lowest BCUT2D eigenvalue weighted by Gasteiger charge is -2.23. The van der Waals surface area contributed by atoms with Gasteiger partial charge in [-0.3, -0.25) is 24.2 Å². The minimum atomic E-state index is -1.13. The summed E-state index contributed by atoms with van der Waals surface area (Å²) in [6.07, 6.45) is -0.996. The highest BCUT2D eigenvalue weighted by atomic mass is 16.5. The maximum Gasteiger partial charge on any atom is 0.326 e. The quantitative estimate of drug-likeness (QED) is 0.773. The topological polar surface area (TPSA) is 105 Å². The number of carbonyl (C=O) groups excluding carboxylic acids is 4. The van der Waals surface area contributed by atoms with E-state index in [2.05, 4.69) is 5.32 Å². The molecule has 0 unspecified atom stereocenters. The monoisotopic (exact) mass is 361 g/mol. The van der Waals surface area contributed by atoms with Crippen molar-refractivity contribution in [2.45, 2.75) is 19.4 Å². The molecule has 0 spiro atoms. The molecule has 9 nitrogen and oxygen atoms in total. The Bertz CT molecular complexity index is 750. The molecule has 9 heteroatoms. The van der Waals surface area contributed by atoms with Crippen LogP contribution in [0.2, 0.25) is 0 Å². The number of hydrogen-bond acceptors (Lipinski definition) is 6. The maximum atomic E-state index is 12.3. The van der Waals surface area contributed by atoms with Gasteiger partial charge in [-0.15, -0.1) is 0 Å². The molecule has 2 heterocycles. The summed E-state index contributed by atoms with van der Waals surface area (Å²) in [5.41, 5.74) is 0.477. The fourth-order valence-corrected chi connectivity index (χ4v) is 2.81. The SMILES string of the molecule is C[C@H](OC(=O)CN1C(=O)CCOc2ccccc21)C(=O)N1CCNC1=O. The first kappa shape index (κ1) is 17.7. The van der Waals surface area contributed by atoms with Gasteiger partial charge in [-0.05, 0) is 19.1 Å². The van der Waals surface area contributed by atoms with E-state index in [1.165, 1.54) is 11.8 Å². The van der Waals surface area contributed by atoms with Crippen molar-refractivity contribution in [1.29, 1.82) is 0 Å². The number of ether oxygens (including phenoxy) is 2. The lowest BCUT2D eigenvalue weighted by Crippen LogP contribution is -2.43. The van der Waals surface area contributed by atoms with Crippen molar-refractivity contribution < 1.29 is 28.7 Å². The summed E-state index contributed by atoms with van der Waals surface area (Å²) < 4.78 is 10.6. The molecule has 0 radical (unpaired) electrons. The highest BCUT2D eigenvalue weighted by Crippen LogP contribution is 2.30. The van der Waals surface area contributed by atoms with E-state index in [-0.39, 0.29) is 32.0 Å². The van der Waals surface area contributed by atoms with E-state index in [0.29, 0.717) is 18.0 Å². The highest BCUT2D eigenvalue weighted by molar-refractivity contribution is 6.01. The van der Waals surface area contributed by atoms with Crippen LogP contribution in [-0.4, -0.2) is 61.1 Å². The summed E-state index contributed by atoms with van der Waals surface area (Å²) in [6, 6.07) is 6.38. The van der Waals surface area contributed by atoms with Gasteiger partial charge in [0.1, 0.15) is 12.3 Å². The lowest BCUT2D eigenvalue weighted by molar-refractivity contribution is -0.156. The second-order valence-corrected chi connectivity index (χ2v) is 5.90. The molecule has 138 valence electrons. The van der Waals surface area contributed by atoms with E-state index in [4.69, 9.17) is 9.47 Å². The van der Waals surface area contributed by atoms with Crippen LogP contribution in [0.3, 0.4) is 0 Å². The van der Waals surface area contributed by atoms with Crippen molar-refractivity contribution in [2.24, 2.45) is 0 Å². The Balaban J connectivity index is 1.66. The number of hydrogen-bond donors (Lipinski definition) is 1. The van der Waals surface area contributed by atoms with E-state index in [1.807, 2.05) is 0 Å². The lowest BCUT2D eigenvalue weighted by atomic mass is 10.2. The number of carbonyl (C=O) groups is 4. The van der Waals surface area contributed by atoms with Gasteiger partial charge in [-0.25, -0.2) is 4.79 Å². The molecule has 1 aromatic rings. The first-order chi connectivity index (χ1) is 12.5. The minimum absolute atomic E-state index is 0.129. The summed E-state index contributed by atoms with van der Waals surface area (Å²) >= 11 is 0. The van der Waals surface area contributed by atoms with Crippen molar-refractivity contribution >= 4 is 29.5 Å². The van der Waals surface area contributed by atoms with Gasteiger partial charge < -0.3 is 14.8 Å². The van der Waals surface area contributed by atoms with Crippen LogP contribution in [0.4, 0.5) is 10.5 Å². The average molecular weight is 361 g/mol. The number of nitrogens with zero attached hydrogens (tertiary/aromatic N) is 2. The Morgan fingerprint density at radius 2 is 2.08 bits per heavy atom. The molecule has 4 amide bonds. The highest BCUT2D eigenvalue weighted by Gasteiger charge is 2.32. The second-order valence-electron chi connectivity index (χ2n) is 5.90. The zero-order chi connectivity index (χ0) is 18.7. The molecule has 1 fully saturated rings. The van der Waals surface area contributed by atoms with Gasteiger partial charge in [-0.2, -0.15) is 0 Å². The van der Waals surface area contributed by atoms with Crippen molar-refractivity contribution in [3.63, 3.8) is 0 Å². The Morgan fingerprint density at radius 3 is 2.81 bits per heavy atom. The van der Waals surface area contributed by atoms with Crippen LogP contribution in [0.5, 0.6) is 5.75 Å².